The van der Waals surface area contributed by atoms with Crippen LogP contribution in [0.3, 0.4) is 0 Å². The van der Waals surface area contributed by atoms with Crippen molar-refractivity contribution in [3.8, 4) is 0 Å². The fourth-order valence-electron chi connectivity index (χ4n) is 2.84. The van der Waals surface area contributed by atoms with Crippen LogP contribution in [0.15, 0.2) is 0 Å². The van der Waals surface area contributed by atoms with Gasteiger partial charge in [-0.3, -0.25) is 20.7 Å². The highest BCUT2D eigenvalue weighted by atomic mass is 16.6. The number of hydrogen-bond donors (Lipinski definition) is 2. The third-order valence-corrected chi connectivity index (χ3v) is 4.11. The fourth-order valence-corrected chi connectivity index (χ4v) is 2.84. The first kappa shape index (κ1) is 16.4. The Kier molecular flexibility index (Phi) is 6.72. The van der Waals surface area contributed by atoms with Crippen molar-refractivity contribution >= 4 is 0 Å². The van der Waals surface area contributed by atoms with E-state index in [2.05, 4.69) is 17.6 Å². The lowest BCUT2D eigenvalue weighted by Gasteiger charge is -2.29. The molecule has 0 aliphatic heterocycles. The molecule has 0 aromatic carbocycles. The van der Waals surface area contributed by atoms with Crippen molar-refractivity contribution in [1.82, 2.24) is 10.6 Å². The third kappa shape index (κ3) is 5.45. The summed E-state index contributed by atoms with van der Waals surface area (Å²) in [5.41, 5.74) is -0.850. The van der Waals surface area contributed by atoms with E-state index in [1.165, 1.54) is 32.1 Å². The Labute approximate surface area is 116 Å². The van der Waals surface area contributed by atoms with Crippen molar-refractivity contribution in [3.05, 3.63) is 10.1 Å². The molecule has 5 heteroatoms. The van der Waals surface area contributed by atoms with Crippen LogP contribution in [0.4, 0.5) is 0 Å². The number of hydrogen-bond acceptors (Lipinski definition) is 4. The van der Waals surface area contributed by atoms with Crippen molar-refractivity contribution in [2.75, 3.05) is 6.54 Å². The van der Waals surface area contributed by atoms with Gasteiger partial charge in [-0.25, -0.2) is 0 Å². The van der Waals surface area contributed by atoms with Crippen molar-refractivity contribution in [2.45, 2.75) is 83.5 Å². The van der Waals surface area contributed by atoms with E-state index in [4.69, 9.17) is 0 Å². The van der Waals surface area contributed by atoms with E-state index in [0.29, 0.717) is 19.0 Å². The molecular formula is C14H29N3O2. The summed E-state index contributed by atoms with van der Waals surface area (Å²) >= 11 is 0. The second-order valence-electron chi connectivity index (χ2n) is 6.11. The zero-order valence-electron chi connectivity index (χ0n) is 12.6. The average Bonchev–Trinajstić information content (AvgIpc) is 2.38. The number of nitrogens with zero attached hydrogens (tertiary/aromatic N) is 1. The van der Waals surface area contributed by atoms with Crippen molar-refractivity contribution in [3.63, 3.8) is 0 Å². The van der Waals surface area contributed by atoms with Crippen LogP contribution in [0.25, 0.3) is 0 Å². The zero-order chi connectivity index (χ0) is 14.3. The second kappa shape index (κ2) is 7.80. The van der Waals surface area contributed by atoms with Crippen molar-refractivity contribution < 1.29 is 4.92 Å². The lowest BCUT2D eigenvalue weighted by molar-refractivity contribution is -0.564. The Morgan fingerprint density at radius 3 is 2.53 bits per heavy atom. The van der Waals surface area contributed by atoms with Crippen molar-refractivity contribution in [1.29, 1.82) is 0 Å². The van der Waals surface area contributed by atoms with Gasteiger partial charge in [0, 0.05) is 24.3 Å². The van der Waals surface area contributed by atoms with Crippen LogP contribution in [-0.4, -0.2) is 29.2 Å². The molecule has 1 aliphatic rings. The molecule has 0 spiro atoms. The van der Waals surface area contributed by atoms with Crippen LogP contribution in [0.5, 0.6) is 0 Å². The largest absolute Gasteiger partial charge is 0.299 e. The maximum absolute atomic E-state index is 11.2. The van der Waals surface area contributed by atoms with Crippen LogP contribution in [-0.2, 0) is 0 Å². The maximum Gasteiger partial charge on any atom is 0.231 e. The molecule has 0 aromatic heterocycles. The first-order valence-corrected chi connectivity index (χ1v) is 7.62. The predicted octanol–water partition coefficient (Wildman–Crippen LogP) is 2.68. The molecule has 0 heterocycles. The van der Waals surface area contributed by atoms with Gasteiger partial charge in [-0.05, 0) is 26.2 Å². The summed E-state index contributed by atoms with van der Waals surface area (Å²) in [5, 5.41) is 18.0. The average molecular weight is 271 g/mol. The first-order valence-electron chi connectivity index (χ1n) is 7.62. The zero-order valence-corrected chi connectivity index (χ0v) is 12.6. The van der Waals surface area contributed by atoms with Gasteiger partial charge in [0.05, 0.1) is 12.7 Å². The lowest BCUT2D eigenvalue weighted by atomic mass is 9.95. The Hall–Kier alpha value is -0.680. The maximum atomic E-state index is 11.2. The smallest absolute Gasteiger partial charge is 0.231 e. The Balaban J connectivity index is 2.34. The SMILES string of the molecule is CCCC(C)(CNC(C)NC1CCCCC1)[N+](=O)[O-]. The Morgan fingerprint density at radius 2 is 2.00 bits per heavy atom. The van der Waals surface area contributed by atoms with Crippen LogP contribution >= 0.6 is 0 Å². The quantitative estimate of drug-likeness (QED) is 0.404. The molecule has 0 amide bonds. The van der Waals surface area contributed by atoms with Gasteiger partial charge in [0.25, 0.3) is 0 Å². The second-order valence-corrected chi connectivity index (χ2v) is 6.11. The molecule has 1 aliphatic carbocycles. The summed E-state index contributed by atoms with van der Waals surface area (Å²) in [5.74, 6) is 0. The molecule has 0 aromatic rings. The molecule has 112 valence electrons. The minimum Gasteiger partial charge on any atom is -0.299 e. The minimum absolute atomic E-state index is 0.138. The highest BCUT2D eigenvalue weighted by Gasteiger charge is 2.36. The molecule has 2 atom stereocenters. The van der Waals surface area contributed by atoms with Gasteiger partial charge >= 0.3 is 0 Å². The summed E-state index contributed by atoms with van der Waals surface area (Å²) in [7, 11) is 0. The predicted molar refractivity (Wildman–Crippen MR) is 77.8 cm³/mol. The summed E-state index contributed by atoms with van der Waals surface area (Å²) in [4.78, 5) is 11.0. The lowest BCUT2D eigenvalue weighted by Crippen LogP contribution is -2.52. The number of nitrogens with one attached hydrogen (secondary N) is 2. The molecule has 5 nitrogen and oxygen atoms in total. The van der Waals surface area contributed by atoms with E-state index >= 15 is 0 Å². The summed E-state index contributed by atoms with van der Waals surface area (Å²) in [6.45, 7) is 6.21. The summed E-state index contributed by atoms with van der Waals surface area (Å²) in [6.07, 6.45) is 7.99. The molecule has 1 rings (SSSR count). The minimum atomic E-state index is -0.850. The molecular weight excluding hydrogens is 242 g/mol. The van der Waals surface area contributed by atoms with Crippen LogP contribution in [0, 0.1) is 10.1 Å². The first-order chi connectivity index (χ1) is 8.98. The van der Waals surface area contributed by atoms with E-state index in [1.807, 2.05) is 6.92 Å². The molecule has 0 saturated heterocycles. The number of rotatable bonds is 8. The van der Waals surface area contributed by atoms with Crippen LogP contribution in [0.1, 0.15) is 65.7 Å². The van der Waals surface area contributed by atoms with Gasteiger partial charge in [-0.1, -0.05) is 26.2 Å². The van der Waals surface area contributed by atoms with E-state index in [-0.39, 0.29) is 11.1 Å². The van der Waals surface area contributed by atoms with E-state index in [0.717, 1.165) is 6.42 Å². The standard InChI is InChI=1S/C14H29N3O2/c1-4-10-14(3,17(18)19)11-15-12(2)16-13-8-6-5-7-9-13/h12-13,15-16H,4-11H2,1-3H3. The van der Waals surface area contributed by atoms with Gasteiger partial charge in [-0.2, -0.15) is 0 Å². The molecule has 1 fully saturated rings. The van der Waals surface area contributed by atoms with E-state index in [1.54, 1.807) is 6.92 Å². The molecule has 0 radical (unpaired) electrons. The van der Waals surface area contributed by atoms with Crippen molar-refractivity contribution in [2.24, 2.45) is 0 Å². The molecule has 1 saturated carbocycles. The molecule has 2 unspecified atom stereocenters. The van der Waals surface area contributed by atoms with E-state index < -0.39 is 5.54 Å². The topological polar surface area (TPSA) is 67.2 Å². The fraction of sp³-hybridized carbons (Fsp3) is 1.00. The van der Waals surface area contributed by atoms with Gasteiger partial charge in [0.2, 0.25) is 5.54 Å². The van der Waals surface area contributed by atoms with Crippen LogP contribution in [0.2, 0.25) is 0 Å². The van der Waals surface area contributed by atoms with Gasteiger partial charge < -0.3 is 0 Å². The monoisotopic (exact) mass is 271 g/mol. The molecule has 0 bridgehead atoms. The highest BCUT2D eigenvalue weighted by Crippen LogP contribution is 2.18. The Bertz CT molecular complexity index is 280. The number of nitro groups is 1. The Morgan fingerprint density at radius 1 is 1.37 bits per heavy atom. The van der Waals surface area contributed by atoms with Gasteiger partial charge in [0.1, 0.15) is 0 Å². The summed E-state index contributed by atoms with van der Waals surface area (Å²) < 4.78 is 0. The molecule has 19 heavy (non-hydrogen) atoms. The van der Waals surface area contributed by atoms with Crippen LogP contribution < -0.4 is 10.6 Å². The van der Waals surface area contributed by atoms with Gasteiger partial charge in [-0.15, -0.1) is 0 Å². The van der Waals surface area contributed by atoms with E-state index in [9.17, 15) is 10.1 Å². The summed E-state index contributed by atoms with van der Waals surface area (Å²) in [6, 6.07) is 0.573. The normalized spacial score (nSPS) is 21.8. The highest BCUT2D eigenvalue weighted by molar-refractivity contribution is 4.79. The molecule has 2 N–H and O–H groups in total. The third-order valence-electron chi connectivity index (χ3n) is 4.11. The van der Waals surface area contributed by atoms with Gasteiger partial charge in [0.15, 0.2) is 0 Å².